The van der Waals surface area contributed by atoms with Crippen LogP contribution in [0.5, 0.6) is 5.75 Å². The molecule has 14 heteroatoms. The minimum atomic E-state index is -2.80. The summed E-state index contributed by atoms with van der Waals surface area (Å²) in [7, 11) is 3.25. The first-order chi connectivity index (χ1) is 28.4. The highest BCUT2D eigenvalue weighted by molar-refractivity contribution is 6.05. The van der Waals surface area contributed by atoms with E-state index in [2.05, 4.69) is 27.5 Å². The van der Waals surface area contributed by atoms with Gasteiger partial charge in [-0.2, -0.15) is 0 Å². The first kappa shape index (κ1) is 39.0. The van der Waals surface area contributed by atoms with E-state index in [9.17, 15) is 32.8 Å². The zero-order chi connectivity index (χ0) is 41.5. The van der Waals surface area contributed by atoms with Gasteiger partial charge in [-0.25, -0.2) is 8.78 Å². The number of alkyl halides is 2. The molecule has 0 saturated carbocycles. The van der Waals surface area contributed by atoms with Gasteiger partial charge in [0.2, 0.25) is 11.8 Å². The van der Waals surface area contributed by atoms with Crippen LogP contribution in [0.4, 0.5) is 20.2 Å². The normalized spacial score (nSPS) is 16.1. The first-order valence-electron chi connectivity index (χ1n) is 19.3. The van der Waals surface area contributed by atoms with Crippen LogP contribution in [-0.4, -0.2) is 64.3 Å². The predicted molar refractivity (Wildman–Crippen MR) is 217 cm³/mol. The third-order valence-electron chi connectivity index (χ3n) is 11.3. The molecule has 0 spiro atoms. The van der Waals surface area contributed by atoms with Crippen LogP contribution in [0.1, 0.15) is 80.8 Å². The van der Waals surface area contributed by atoms with Crippen molar-refractivity contribution in [2.24, 2.45) is 7.05 Å². The molecule has 2 aromatic heterocycles. The second-order valence-corrected chi connectivity index (χ2v) is 14.9. The summed E-state index contributed by atoms with van der Waals surface area (Å²) in [6.07, 6.45) is 0.797. The molecule has 3 aliphatic heterocycles. The molecule has 3 aliphatic rings. The maximum Gasteiger partial charge on any atom is 0.269 e. The fraction of sp³-hybridized carbons (Fsp3) is 0.289. The second-order valence-electron chi connectivity index (χ2n) is 14.9. The number of aryl methyl sites for hydroxylation is 3. The number of amides is 4. The van der Waals surface area contributed by atoms with Gasteiger partial charge in [-0.15, -0.1) is 0 Å². The molecule has 0 bridgehead atoms. The monoisotopic (exact) mass is 798 g/mol. The Bertz CT molecular complexity index is 2700. The summed E-state index contributed by atoms with van der Waals surface area (Å²) >= 11 is 0. The van der Waals surface area contributed by atoms with Crippen LogP contribution < -0.4 is 25.8 Å². The van der Waals surface area contributed by atoms with E-state index >= 15 is 0 Å². The van der Waals surface area contributed by atoms with E-state index in [0.717, 1.165) is 23.1 Å². The smallest absolute Gasteiger partial charge is 0.269 e. The fourth-order valence-corrected chi connectivity index (χ4v) is 8.22. The van der Waals surface area contributed by atoms with Gasteiger partial charge in [0.25, 0.3) is 23.8 Å². The Kier molecular flexibility index (Phi) is 10.4. The number of carbonyl (C=O) groups excluding carboxylic acids is 4. The molecule has 12 nitrogen and oxygen atoms in total. The summed E-state index contributed by atoms with van der Waals surface area (Å²) in [5, 5.41) is 5.90. The molecule has 0 radical (unpaired) electrons. The van der Waals surface area contributed by atoms with Gasteiger partial charge in [0.1, 0.15) is 17.5 Å². The summed E-state index contributed by atoms with van der Waals surface area (Å²) in [4.78, 5) is 70.8. The molecule has 5 aromatic rings. The van der Waals surface area contributed by atoms with Crippen LogP contribution in [0.15, 0.2) is 71.7 Å². The van der Waals surface area contributed by atoms with Gasteiger partial charge in [0.05, 0.1) is 18.3 Å². The van der Waals surface area contributed by atoms with Gasteiger partial charge in [0, 0.05) is 96.7 Å². The zero-order valence-electron chi connectivity index (χ0n) is 32.7. The third kappa shape index (κ3) is 7.28. The summed E-state index contributed by atoms with van der Waals surface area (Å²) in [5.74, 6) is 5.10. The van der Waals surface area contributed by atoms with Crippen molar-refractivity contribution in [3.05, 3.63) is 116 Å². The van der Waals surface area contributed by atoms with E-state index in [1.54, 1.807) is 62.0 Å². The summed E-state index contributed by atoms with van der Waals surface area (Å²) < 4.78 is 36.8. The van der Waals surface area contributed by atoms with Crippen LogP contribution in [0, 0.1) is 18.8 Å². The number of ether oxygens (including phenoxy) is 1. The lowest BCUT2D eigenvalue weighted by atomic mass is 9.92. The number of piperidine rings is 1. The van der Waals surface area contributed by atoms with Crippen molar-refractivity contribution in [3.63, 3.8) is 0 Å². The SMILES string of the molecule is COc1cc(N2CCCc3cc(-c4ccc(C(=O)NCCC#Cc5cccc6c5CN(C5CCC(=O)NC5=O)C6=O)nc4)c(C(F)F)cc32)c2cc(C)c(=O)n(C)c2c1. The van der Waals surface area contributed by atoms with Crippen LogP contribution in [0.2, 0.25) is 0 Å². The minimum Gasteiger partial charge on any atom is -0.497 e. The Morgan fingerprint density at radius 3 is 2.61 bits per heavy atom. The number of hydrogen-bond donors (Lipinski definition) is 2. The third-order valence-corrected chi connectivity index (χ3v) is 11.3. The largest absolute Gasteiger partial charge is 0.497 e. The fourth-order valence-electron chi connectivity index (χ4n) is 8.22. The Labute approximate surface area is 338 Å². The standard InChI is InChI=1S/C45H40F2N6O6/c1-25-18-33-38(51(2)44(25)57)20-29(59-3)21-39(33)52-17-7-10-27-19-31(32(41(46)47)22-37(27)52)28-12-13-35(49-23-28)42(55)48-16-5-4-8-26-9-6-11-30-34(26)24-53(45(30)58)36-14-15-40(54)50-43(36)56/h6,9,11-13,18-23,36,41H,5,7,10,14-17,24H2,1-3H3,(H,48,55)(H,50,54,56). The molecular formula is C45H40F2N6O6. The van der Waals surface area contributed by atoms with E-state index in [1.165, 1.54) is 23.2 Å². The topological polar surface area (TPSA) is 143 Å². The highest BCUT2D eigenvalue weighted by Gasteiger charge is 2.39. The number of nitrogens with zero attached hydrogens (tertiary/aromatic N) is 4. The number of halogens is 2. The quantitative estimate of drug-likeness (QED) is 0.113. The van der Waals surface area contributed by atoms with Gasteiger partial charge in [-0.05, 0) is 79.3 Å². The van der Waals surface area contributed by atoms with E-state index in [1.807, 2.05) is 17.0 Å². The Hall–Kier alpha value is -6.88. The number of rotatable bonds is 8. The van der Waals surface area contributed by atoms with Gasteiger partial charge in [0.15, 0.2) is 0 Å². The lowest BCUT2D eigenvalue weighted by Crippen LogP contribution is -2.52. The van der Waals surface area contributed by atoms with Crippen molar-refractivity contribution in [1.29, 1.82) is 0 Å². The van der Waals surface area contributed by atoms with Gasteiger partial charge in [-0.3, -0.25) is 34.3 Å². The lowest BCUT2D eigenvalue weighted by Gasteiger charge is -2.34. The van der Waals surface area contributed by atoms with Crippen molar-refractivity contribution in [2.75, 3.05) is 25.1 Å². The maximum absolute atomic E-state index is 14.8. The first-order valence-corrected chi connectivity index (χ1v) is 19.3. The highest BCUT2D eigenvalue weighted by atomic mass is 19.3. The number of benzene rings is 3. The van der Waals surface area contributed by atoms with E-state index in [-0.39, 0.29) is 54.6 Å². The number of pyridine rings is 2. The zero-order valence-corrected chi connectivity index (χ0v) is 32.7. The summed E-state index contributed by atoms with van der Waals surface area (Å²) in [6.45, 7) is 2.75. The Morgan fingerprint density at radius 1 is 1.03 bits per heavy atom. The molecule has 4 amide bonds. The van der Waals surface area contributed by atoms with Crippen molar-refractivity contribution >= 4 is 45.9 Å². The molecular weight excluding hydrogens is 759 g/mol. The molecule has 0 aliphatic carbocycles. The van der Waals surface area contributed by atoms with Crippen molar-refractivity contribution in [1.82, 2.24) is 25.1 Å². The highest BCUT2D eigenvalue weighted by Crippen LogP contribution is 2.44. The molecule has 59 heavy (non-hydrogen) atoms. The number of carbonyl (C=O) groups is 4. The number of aromatic nitrogens is 2. The molecule has 1 unspecified atom stereocenters. The molecule has 300 valence electrons. The van der Waals surface area contributed by atoms with Crippen molar-refractivity contribution in [2.45, 2.75) is 58.0 Å². The molecule has 8 rings (SSSR count). The van der Waals surface area contributed by atoms with E-state index in [0.29, 0.717) is 69.7 Å². The summed E-state index contributed by atoms with van der Waals surface area (Å²) in [5.41, 5.74) is 5.97. The van der Waals surface area contributed by atoms with Crippen LogP contribution in [0.25, 0.3) is 22.0 Å². The molecule has 1 saturated heterocycles. The Balaban J connectivity index is 0.963. The molecule has 1 fully saturated rings. The number of anilines is 2. The predicted octanol–water partition coefficient (Wildman–Crippen LogP) is 5.87. The average molecular weight is 799 g/mol. The minimum absolute atomic E-state index is 0.118. The van der Waals surface area contributed by atoms with Crippen LogP contribution >= 0.6 is 0 Å². The molecule has 2 N–H and O–H groups in total. The molecule has 5 heterocycles. The number of nitrogens with one attached hydrogen (secondary N) is 2. The van der Waals surface area contributed by atoms with Crippen LogP contribution in [-0.2, 0) is 29.6 Å². The molecule has 3 aromatic carbocycles. The Morgan fingerprint density at radius 2 is 1.86 bits per heavy atom. The van der Waals surface area contributed by atoms with Gasteiger partial charge in [-0.1, -0.05) is 24.0 Å². The van der Waals surface area contributed by atoms with Crippen LogP contribution in [0.3, 0.4) is 0 Å². The van der Waals surface area contributed by atoms with E-state index in [4.69, 9.17) is 4.74 Å². The van der Waals surface area contributed by atoms with Crippen molar-refractivity contribution < 1.29 is 32.7 Å². The van der Waals surface area contributed by atoms with Crippen molar-refractivity contribution in [3.8, 4) is 28.7 Å². The average Bonchev–Trinajstić information content (AvgIpc) is 3.57. The number of hydrogen-bond acceptors (Lipinski definition) is 8. The van der Waals surface area contributed by atoms with E-state index < -0.39 is 24.3 Å². The number of imide groups is 1. The maximum atomic E-state index is 14.8. The molecule has 1 atom stereocenters. The van der Waals surface area contributed by atoms with Gasteiger partial charge < -0.3 is 24.4 Å². The number of fused-ring (bicyclic) bond motifs is 3. The second kappa shape index (κ2) is 15.8. The number of methoxy groups -OCH3 is 1. The summed E-state index contributed by atoms with van der Waals surface area (Å²) in [6, 6.07) is 16.4. The van der Waals surface area contributed by atoms with Gasteiger partial charge >= 0.3 is 0 Å². The lowest BCUT2D eigenvalue weighted by molar-refractivity contribution is -0.136.